The number of carbonyl (C=O) groups is 2. The Kier molecular flexibility index (Phi) is 7.41. The number of anilines is 1. The van der Waals surface area contributed by atoms with E-state index in [1.165, 1.54) is 6.07 Å². The predicted molar refractivity (Wildman–Crippen MR) is 119 cm³/mol. The molecule has 0 spiro atoms. The van der Waals surface area contributed by atoms with E-state index in [9.17, 15) is 19.7 Å². The number of benzene rings is 3. The number of carbonyl (C=O) groups excluding carboxylic acids is 2. The summed E-state index contributed by atoms with van der Waals surface area (Å²) in [7, 11) is 0. The molecule has 0 saturated carbocycles. The molecule has 3 aromatic rings. The summed E-state index contributed by atoms with van der Waals surface area (Å²) in [5.74, 6) is -1.25. The Morgan fingerprint density at radius 3 is 2.44 bits per heavy atom. The van der Waals surface area contributed by atoms with Gasteiger partial charge in [-0.3, -0.25) is 14.9 Å². The largest absolute Gasteiger partial charge is 0.492 e. The van der Waals surface area contributed by atoms with Gasteiger partial charge < -0.3 is 14.8 Å². The first-order valence-corrected chi connectivity index (χ1v) is 10.0. The highest BCUT2D eigenvalue weighted by Gasteiger charge is 2.30. The molecule has 0 aromatic heterocycles. The van der Waals surface area contributed by atoms with E-state index in [-0.39, 0.29) is 10.6 Å². The fourth-order valence-corrected chi connectivity index (χ4v) is 3.12. The zero-order chi connectivity index (χ0) is 23.1. The van der Waals surface area contributed by atoms with Crippen LogP contribution in [-0.4, -0.2) is 23.4 Å². The number of rotatable bonds is 8. The first-order chi connectivity index (χ1) is 15.4. The van der Waals surface area contributed by atoms with Gasteiger partial charge in [-0.25, -0.2) is 4.79 Å². The monoisotopic (exact) mass is 454 g/mol. The summed E-state index contributed by atoms with van der Waals surface area (Å²) < 4.78 is 11.0. The molecule has 164 valence electrons. The summed E-state index contributed by atoms with van der Waals surface area (Å²) >= 11 is 5.91. The molecule has 1 atom stereocenters. The van der Waals surface area contributed by atoms with Gasteiger partial charge in [0.25, 0.3) is 11.6 Å². The zero-order valence-electron chi connectivity index (χ0n) is 17.0. The molecule has 1 N–H and O–H groups in total. The quantitative estimate of drug-likeness (QED) is 0.285. The molecule has 0 bridgehead atoms. The lowest BCUT2D eigenvalue weighted by Gasteiger charge is -2.19. The minimum atomic E-state index is -1.38. The molecule has 1 amide bonds. The van der Waals surface area contributed by atoms with Gasteiger partial charge in [0.15, 0.2) is 0 Å². The van der Waals surface area contributed by atoms with Gasteiger partial charge in [-0.1, -0.05) is 54.1 Å². The van der Waals surface area contributed by atoms with E-state index in [1.54, 1.807) is 54.6 Å². The molecule has 0 aliphatic rings. The SMILES string of the molecule is CCOc1ccccc1NC(=O)C(OC(=O)c1cc(Cl)ccc1[N+](=O)[O-])c1ccccc1. The van der Waals surface area contributed by atoms with Crippen molar-refractivity contribution >= 4 is 34.9 Å². The van der Waals surface area contributed by atoms with Crippen molar-refractivity contribution < 1.29 is 24.0 Å². The lowest BCUT2D eigenvalue weighted by molar-refractivity contribution is -0.385. The number of ether oxygens (including phenoxy) is 2. The van der Waals surface area contributed by atoms with Crippen LogP contribution in [0.5, 0.6) is 5.75 Å². The molecule has 3 aromatic carbocycles. The molecule has 8 nitrogen and oxygen atoms in total. The van der Waals surface area contributed by atoms with E-state index in [2.05, 4.69) is 5.32 Å². The topological polar surface area (TPSA) is 108 Å². The summed E-state index contributed by atoms with van der Waals surface area (Å²) in [6, 6.07) is 18.7. The second kappa shape index (κ2) is 10.4. The van der Waals surface area contributed by atoms with Crippen LogP contribution >= 0.6 is 11.6 Å². The number of esters is 1. The highest BCUT2D eigenvalue weighted by atomic mass is 35.5. The highest BCUT2D eigenvalue weighted by molar-refractivity contribution is 6.31. The number of para-hydroxylation sites is 2. The molecule has 0 aliphatic carbocycles. The number of amides is 1. The highest BCUT2D eigenvalue weighted by Crippen LogP contribution is 2.29. The number of nitro benzene ring substituents is 1. The van der Waals surface area contributed by atoms with Gasteiger partial charge >= 0.3 is 5.97 Å². The molecule has 0 radical (unpaired) electrons. The van der Waals surface area contributed by atoms with Crippen LogP contribution in [0.1, 0.15) is 28.9 Å². The van der Waals surface area contributed by atoms with E-state index in [4.69, 9.17) is 21.1 Å². The van der Waals surface area contributed by atoms with E-state index >= 15 is 0 Å². The Bertz CT molecular complexity index is 1140. The van der Waals surface area contributed by atoms with E-state index in [0.717, 1.165) is 12.1 Å². The molecule has 3 rings (SSSR count). The first-order valence-electron chi connectivity index (χ1n) is 9.63. The van der Waals surface area contributed by atoms with Crippen molar-refractivity contribution in [1.29, 1.82) is 0 Å². The Morgan fingerprint density at radius 2 is 1.75 bits per heavy atom. The van der Waals surface area contributed by atoms with Crippen molar-refractivity contribution in [3.8, 4) is 5.75 Å². The van der Waals surface area contributed by atoms with Crippen LogP contribution in [0.25, 0.3) is 0 Å². The van der Waals surface area contributed by atoms with Crippen molar-refractivity contribution in [1.82, 2.24) is 0 Å². The van der Waals surface area contributed by atoms with E-state index in [0.29, 0.717) is 23.6 Å². The van der Waals surface area contributed by atoms with Crippen LogP contribution in [-0.2, 0) is 9.53 Å². The van der Waals surface area contributed by atoms with Crippen molar-refractivity contribution in [2.45, 2.75) is 13.0 Å². The molecule has 0 aliphatic heterocycles. The lowest BCUT2D eigenvalue weighted by Crippen LogP contribution is -2.26. The summed E-state index contributed by atoms with van der Waals surface area (Å²) in [5, 5.41) is 14.1. The zero-order valence-corrected chi connectivity index (χ0v) is 17.7. The molecular weight excluding hydrogens is 436 g/mol. The first kappa shape index (κ1) is 22.8. The van der Waals surface area contributed by atoms with Crippen molar-refractivity contribution in [3.63, 3.8) is 0 Å². The summed E-state index contributed by atoms with van der Waals surface area (Å²) in [6.07, 6.45) is -1.38. The van der Waals surface area contributed by atoms with Gasteiger partial charge in [0, 0.05) is 16.7 Å². The van der Waals surface area contributed by atoms with Gasteiger partial charge in [0.05, 0.1) is 17.2 Å². The normalized spacial score (nSPS) is 11.3. The van der Waals surface area contributed by atoms with Gasteiger partial charge in [-0.05, 0) is 31.2 Å². The average molecular weight is 455 g/mol. The number of hydrogen-bond acceptors (Lipinski definition) is 6. The van der Waals surface area contributed by atoms with Crippen LogP contribution in [0.3, 0.4) is 0 Å². The Hall–Kier alpha value is -3.91. The molecule has 32 heavy (non-hydrogen) atoms. The molecule has 0 heterocycles. The standard InChI is InChI=1S/C23H19ClN2O6/c1-2-31-20-11-7-6-10-18(20)25-22(27)21(15-8-4-3-5-9-15)32-23(28)17-14-16(24)12-13-19(17)26(29)30/h3-14,21H,2H2,1H3,(H,25,27). The van der Waals surface area contributed by atoms with E-state index < -0.39 is 28.6 Å². The van der Waals surface area contributed by atoms with Gasteiger partial charge in [-0.2, -0.15) is 0 Å². The van der Waals surface area contributed by atoms with Crippen molar-refractivity contribution in [2.75, 3.05) is 11.9 Å². The number of nitro groups is 1. The van der Waals surface area contributed by atoms with Crippen LogP contribution in [0.15, 0.2) is 72.8 Å². The molecule has 0 fully saturated rings. The van der Waals surface area contributed by atoms with Crippen molar-refractivity contribution in [3.05, 3.63) is 99.1 Å². The minimum absolute atomic E-state index is 0.119. The van der Waals surface area contributed by atoms with Gasteiger partial charge in [0.1, 0.15) is 11.3 Å². The minimum Gasteiger partial charge on any atom is -0.492 e. The Labute approximate surface area is 188 Å². The summed E-state index contributed by atoms with van der Waals surface area (Å²) in [6.45, 7) is 2.20. The number of nitrogens with one attached hydrogen (secondary N) is 1. The summed E-state index contributed by atoms with van der Waals surface area (Å²) in [4.78, 5) is 36.6. The number of nitrogens with zero attached hydrogens (tertiary/aromatic N) is 1. The molecular formula is C23H19ClN2O6. The fraction of sp³-hybridized carbons (Fsp3) is 0.130. The summed E-state index contributed by atoms with van der Waals surface area (Å²) in [5.41, 5.74) is -0.0544. The maximum Gasteiger partial charge on any atom is 0.346 e. The third-order valence-corrected chi connectivity index (χ3v) is 4.62. The molecule has 0 saturated heterocycles. The maximum atomic E-state index is 13.1. The van der Waals surface area contributed by atoms with Crippen LogP contribution in [0, 0.1) is 10.1 Å². The Balaban J connectivity index is 1.93. The van der Waals surface area contributed by atoms with Crippen LogP contribution in [0.2, 0.25) is 5.02 Å². The maximum absolute atomic E-state index is 13.1. The second-order valence-electron chi connectivity index (χ2n) is 6.53. The number of halogens is 1. The molecule has 9 heteroatoms. The number of hydrogen-bond donors (Lipinski definition) is 1. The lowest BCUT2D eigenvalue weighted by atomic mass is 10.1. The predicted octanol–water partition coefficient (Wildman–Crippen LogP) is 5.18. The average Bonchev–Trinajstić information content (AvgIpc) is 2.79. The Morgan fingerprint density at radius 1 is 1.06 bits per heavy atom. The van der Waals surface area contributed by atoms with E-state index in [1.807, 2.05) is 6.92 Å². The second-order valence-corrected chi connectivity index (χ2v) is 6.97. The van der Waals surface area contributed by atoms with Gasteiger partial charge in [0.2, 0.25) is 6.10 Å². The third kappa shape index (κ3) is 5.41. The fourth-order valence-electron chi connectivity index (χ4n) is 2.95. The third-order valence-electron chi connectivity index (χ3n) is 4.39. The van der Waals surface area contributed by atoms with Gasteiger partial charge in [-0.15, -0.1) is 0 Å². The van der Waals surface area contributed by atoms with Crippen molar-refractivity contribution in [2.24, 2.45) is 0 Å². The smallest absolute Gasteiger partial charge is 0.346 e. The molecule has 1 unspecified atom stereocenters. The van der Waals surface area contributed by atoms with Crippen LogP contribution < -0.4 is 10.1 Å². The van der Waals surface area contributed by atoms with Crippen LogP contribution in [0.4, 0.5) is 11.4 Å².